The van der Waals surface area contributed by atoms with E-state index >= 15 is 0 Å². The molecule has 2 rings (SSSR count). The van der Waals surface area contributed by atoms with Gasteiger partial charge < -0.3 is 5.73 Å². The molecule has 20 heavy (non-hydrogen) atoms. The third-order valence-electron chi connectivity index (χ3n) is 3.13. The Kier molecular flexibility index (Phi) is 4.63. The highest BCUT2D eigenvalue weighted by atomic mass is 35.5. The zero-order valence-electron chi connectivity index (χ0n) is 10.8. The minimum absolute atomic E-state index is 0.101. The van der Waals surface area contributed by atoms with Crippen LogP contribution >= 0.6 is 23.2 Å². The minimum atomic E-state index is -0.785. The number of hydrogen-bond donors (Lipinski definition) is 1. The molecule has 0 spiro atoms. The van der Waals surface area contributed by atoms with Crippen molar-refractivity contribution in [2.45, 2.75) is 19.4 Å². The van der Waals surface area contributed by atoms with Crippen molar-refractivity contribution < 1.29 is 8.78 Å². The molecule has 2 aromatic carbocycles. The van der Waals surface area contributed by atoms with Crippen LogP contribution in [0.1, 0.15) is 22.7 Å². The summed E-state index contributed by atoms with van der Waals surface area (Å²) in [6, 6.07) is 6.85. The van der Waals surface area contributed by atoms with Gasteiger partial charge in [-0.05, 0) is 42.7 Å². The molecule has 0 fully saturated rings. The van der Waals surface area contributed by atoms with Crippen LogP contribution in [0.3, 0.4) is 0 Å². The van der Waals surface area contributed by atoms with Gasteiger partial charge in [-0.2, -0.15) is 0 Å². The van der Waals surface area contributed by atoms with Crippen LogP contribution in [0.15, 0.2) is 30.3 Å². The van der Waals surface area contributed by atoms with Crippen molar-refractivity contribution in [1.82, 2.24) is 0 Å². The van der Waals surface area contributed by atoms with E-state index in [1.807, 2.05) is 0 Å². The predicted molar refractivity (Wildman–Crippen MR) is 78.2 cm³/mol. The van der Waals surface area contributed by atoms with Crippen LogP contribution in [0, 0.1) is 18.6 Å². The first-order chi connectivity index (χ1) is 9.40. The van der Waals surface area contributed by atoms with Crippen molar-refractivity contribution in [3.8, 4) is 0 Å². The molecule has 0 saturated heterocycles. The van der Waals surface area contributed by atoms with Gasteiger partial charge in [-0.3, -0.25) is 0 Å². The Morgan fingerprint density at radius 2 is 1.80 bits per heavy atom. The summed E-state index contributed by atoms with van der Waals surface area (Å²) < 4.78 is 27.8. The lowest BCUT2D eigenvalue weighted by Gasteiger charge is -2.15. The number of hydrogen-bond acceptors (Lipinski definition) is 1. The number of nitrogens with two attached hydrogens (primary N) is 1. The van der Waals surface area contributed by atoms with Crippen molar-refractivity contribution >= 4 is 23.2 Å². The van der Waals surface area contributed by atoms with Crippen molar-refractivity contribution in [2.24, 2.45) is 5.73 Å². The van der Waals surface area contributed by atoms with Crippen molar-refractivity contribution in [2.75, 3.05) is 0 Å². The van der Waals surface area contributed by atoms with Crippen LogP contribution in [-0.2, 0) is 6.42 Å². The van der Waals surface area contributed by atoms with E-state index in [4.69, 9.17) is 28.9 Å². The number of benzene rings is 2. The fourth-order valence-corrected chi connectivity index (χ4v) is 2.36. The van der Waals surface area contributed by atoms with Gasteiger partial charge in [-0.1, -0.05) is 35.3 Å². The first-order valence-corrected chi connectivity index (χ1v) is 6.79. The monoisotopic (exact) mass is 315 g/mol. The summed E-state index contributed by atoms with van der Waals surface area (Å²) in [4.78, 5) is 0. The number of rotatable bonds is 3. The highest BCUT2D eigenvalue weighted by molar-refractivity contribution is 6.42. The quantitative estimate of drug-likeness (QED) is 0.863. The third-order valence-corrected chi connectivity index (χ3v) is 3.87. The molecular formula is C15H13Cl2F2N. The average molecular weight is 316 g/mol. The summed E-state index contributed by atoms with van der Waals surface area (Å²) in [5.74, 6) is -1.24. The molecule has 2 N–H and O–H groups in total. The predicted octanol–water partition coefficient (Wildman–Crippen LogP) is 4.82. The summed E-state index contributed by atoms with van der Waals surface area (Å²) >= 11 is 11.7. The zero-order chi connectivity index (χ0) is 14.9. The maximum Gasteiger partial charge on any atom is 0.133 e. The lowest BCUT2D eigenvalue weighted by Crippen LogP contribution is -2.17. The minimum Gasteiger partial charge on any atom is -0.323 e. The Labute approximate surface area is 126 Å². The second kappa shape index (κ2) is 6.08. The average Bonchev–Trinajstić information content (AvgIpc) is 2.39. The van der Waals surface area contributed by atoms with Gasteiger partial charge in [0.25, 0.3) is 0 Å². The first-order valence-electron chi connectivity index (χ1n) is 6.04. The maximum atomic E-state index is 14.0. The molecule has 1 atom stereocenters. The normalized spacial score (nSPS) is 12.5. The molecule has 0 bridgehead atoms. The van der Waals surface area contributed by atoms with Crippen molar-refractivity contribution in [1.29, 1.82) is 0 Å². The summed E-state index contributed by atoms with van der Waals surface area (Å²) in [6.45, 7) is 1.57. The SMILES string of the molecule is Cc1ccc(F)c(C(N)Cc2ccc(Cl)c(Cl)c2)c1F. The zero-order valence-corrected chi connectivity index (χ0v) is 12.3. The molecule has 0 aromatic heterocycles. The first kappa shape index (κ1) is 15.2. The van der Waals surface area contributed by atoms with E-state index in [-0.39, 0.29) is 12.0 Å². The van der Waals surface area contributed by atoms with Crippen LogP contribution in [0.5, 0.6) is 0 Å². The van der Waals surface area contributed by atoms with E-state index < -0.39 is 17.7 Å². The summed E-state index contributed by atoms with van der Waals surface area (Å²) in [5.41, 5.74) is 6.97. The Balaban J connectivity index is 2.30. The molecule has 1 nitrogen and oxygen atoms in total. The molecule has 0 aliphatic carbocycles. The molecule has 106 valence electrons. The van der Waals surface area contributed by atoms with E-state index in [2.05, 4.69) is 0 Å². The second-order valence-corrected chi connectivity index (χ2v) is 5.47. The lowest BCUT2D eigenvalue weighted by atomic mass is 9.97. The molecule has 0 radical (unpaired) electrons. The van der Waals surface area contributed by atoms with Gasteiger partial charge >= 0.3 is 0 Å². The Bertz CT molecular complexity index is 644. The van der Waals surface area contributed by atoms with Gasteiger partial charge in [0.2, 0.25) is 0 Å². The van der Waals surface area contributed by atoms with Crippen LogP contribution < -0.4 is 5.73 Å². The van der Waals surface area contributed by atoms with Crippen molar-refractivity contribution in [3.63, 3.8) is 0 Å². The second-order valence-electron chi connectivity index (χ2n) is 4.65. The van der Waals surface area contributed by atoms with Gasteiger partial charge in [0.05, 0.1) is 10.0 Å². The maximum absolute atomic E-state index is 14.0. The van der Waals surface area contributed by atoms with E-state index in [0.717, 1.165) is 5.56 Å². The van der Waals surface area contributed by atoms with Crippen LogP contribution in [0.4, 0.5) is 8.78 Å². The summed E-state index contributed by atoms with van der Waals surface area (Å²) in [7, 11) is 0. The van der Waals surface area contributed by atoms with Gasteiger partial charge in [-0.15, -0.1) is 0 Å². The van der Waals surface area contributed by atoms with E-state index in [9.17, 15) is 8.78 Å². The van der Waals surface area contributed by atoms with Crippen molar-refractivity contribution in [3.05, 3.63) is 68.7 Å². The fraction of sp³-hybridized carbons (Fsp3) is 0.200. The highest BCUT2D eigenvalue weighted by Crippen LogP contribution is 2.27. The van der Waals surface area contributed by atoms with Gasteiger partial charge in [0.15, 0.2) is 0 Å². The van der Waals surface area contributed by atoms with Gasteiger partial charge in [-0.25, -0.2) is 8.78 Å². The summed E-state index contributed by atoms with van der Waals surface area (Å²) in [6.07, 6.45) is 0.272. The molecule has 5 heteroatoms. The topological polar surface area (TPSA) is 26.0 Å². The third kappa shape index (κ3) is 3.11. The molecule has 0 amide bonds. The number of halogens is 4. The molecule has 0 aliphatic heterocycles. The largest absolute Gasteiger partial charge is 0.323 e. The highest BCUT2D eigenvalue weighted by Gasteiger charge is 2.19. The standard InChI is InChI=1S/C15H13Cl2F2N/c1-8-2-5-12(18)14(15(8)19)13(20)7-9-3-4-10(16)11(17)6-9/h2-6,13H,7,20H2,1H3. The molecular weight excluding hydrogens is 303 g/mol. The molecule has 0 saturated carbocycles. The van der Waals surface area contributed by atoms with Gasteiger partial charge in [0.1, 0.15) is 11.6 Å². The number of aryl methyl sites for hydroxylation is 1. The Morgan fingerprint density at radius 3 is 2.45 bits per heavy atom. The Morgan fingerprint density at radius 1 is 1.10 bits per heavy atom. The van der Waals surface area contributed by atoms with E-state index in [1.165, 1.54) is 12.1 Å². The molecule has 2 aromatic rings. The molecule has 0 aliphatic rings. The smallest absolute Gasteiger partial charge is 0.133 e. The van der Waals surface area contributed by atoms with E-state index in [1.54, 1.807) is 25.1 Å². The summed E-state index contributed by atoms with van der Waals surface area (Å²) in [5, 5.41) is 0.818. The molecule has 0 heterocycles. The fourth-order valence-electron chi connectivity index (χ4n) is 2.04. The lowest BCUT2D eigenvalue weighted by molar-refractivity contribution is 0.520. The molecule has 1 unspecified atom stereocenters. The van der Waals surface area contributed by atoms with Gasteiger partial charge in [0, 0.05) is 11.6 Å². The van der Waals surface area contributed by atoms with Crippen LogP contribution in [0.2, 0.25) is 10.0 Å². The van der Waals surface area contributed by atoms with Crippen LogP contribution in [-0.4, -0.2) is 0 Å². The van der Waals surface area contributed by atoms with E-state index in [0.29, 0.717) is 15.6 Å². The van der Waals surface area contributed by atoms with Crippen LogP contribution in [0.25, 0.3) is 0 Å². The Hall–Kier alpha value is -1.16.